The lowest BCUT2D eigenvalue weighted by atomic mass is 9.98. The zero-order valence-electron chi connectivity index (χ0n) is 19.9. The Morgan fingerprint density at radius 3 is 2.77 bits per heavy atom. The molecule has 3 aliphatic heterocycles. The third kappa shape index (κ3) is 5.21. The van der Waals surface area contributed by atoms with Gasteiger partial charge in [-0.25, -0.2) is 0 Å². The Kier molecular flexibility index (Phi) is 6.96. The van der Waals surface area contributed by atoms with Crippen molar-refractivity contribution in [1.82, 2.24) is 10.3 Å². The fourth-order valence-corrected chi connectivity index (χ4v) is 7.77. The van der Waals surface area contributed by atoms with Crippen LogP contribution in [0.3, 0.4) is 0 Å². The number of allylic oxidation sites excluding steroid dienone is 3. The van der Waals surface area contributed by atoms with Crippen LogP contribution in [0.1, 0.15) is 31.4 Å². The Morgan fingerprint density at radius 1 is 1.06 bits per heavy atom. The molecule has 1 aliphatic carbocycles. The molecule has 0 saturated carbocycles. The number of benzene rings is 1. The van der Waals surface area contributed by atoms with Gasteiger partial charge in [-0.2, -0.15) is 0 Å². The van der Waals surface area contributed by atoms with Crippen LogP contribution in [0.25, 0.3) is 5.57 Å². The summed E-state index contributed by atoms with van der Waals surface area (Å²) >= 11 is 3.75. The second-order valence-corrected chi connectivity index (χ2v) is 11.8. The standard InChI is InChI=1S/C27H32N4O2S2/c32-26-16-20(31-10-12-33-13-11-31)15-22(30-26)21-2-1-3-24-27(21)35-23-5-4-19(14-25(23)34-24)29-17-18-6-8-28-9-7-18/h2,4-5,14-16,18,28-29H,1,3,6-13,17H2,(H,30,32). The predicted molar refractivity (Wildman–Crippen MR) is 147 cm³/mol. The smallest absolute Gasteiger partial charge is 0.250 e. The molecule has 0 atom stereocenters. The highest BCUT2D eigenvalue weighted by atomic mass is 32.2. The number of nitrogens with one attached hydrogen (secondary N) is 3. The van der Waals surface area contributed by atoms with Crippen molar-refractivity contribution >= 4 is 40.5 Å². The average molecular weight is 509 g/mol. The van der Waals surface area contributed by atoms with Gasteiger partial charge < -0.3 is 25.3 Å². The normalized spacial score (nSPS) is 20.8. The van der Waals surface area contributed by atoms with Crippen LogP contribution in [0.15, 0.2) is 60.8 Å². The van der Waals surface area contributed by atoms with E-state index in [0.717, 1.165) is 68.4 Å². The van der Waals surface area contributed by atoms with Crippen LogP contribution in [0, 0.1) is 5.92 Å². The number of piperidine rings is 1. The molecule has 2 aromatic rings. The minimum absolute atomic E-state index is 0.0454. The maximum absolute atomic E-state index is 12.6. The van der Waals surface area contributed by atoms with Crippen LogP contribution in [-0.2, 0) is 4.74 Å². The summed E-state index contributed by atoms with van der Waals surface area (Å²) in [5, 5.41) is 7.13. The zero-order valence-corrected chi connectivity index (χ0v) is 21.5. The van der Waals surface area contributed by atoms with E-state index in [4.69, 9.17) is 4.74 Å². The lowest BCUT2D eigenvalue weighted by Crippen LogP contribution is -2.36. The van der Waals surface area contributed by atoms with E-state index in [0.29, 0.717) is 13.2 Å². The third-order valence-electron chi connectivity index (χ3n) is 7.16. The van der Waals surface area contributed by atoms with E-state index in [-0.39, 0.29) is 5.56 Å². The number of H-pyrrole nitrogens is 1. The van der Waals surface area contributed by atoms with E-state index in [1.54, 1.807) is 6.07 Å². The SMILES string of the molecule is O=c1cc(N2CCOCC2)cc(C2=CCCC3=C2Sc2ccc(NCC4CCNCC4)cc2S3)[nH]1. The van der Waals surface area contributed by atoms with Gasteiger partial charge in [0.15, 0.2) is 0 Å². The minimum Gasteiger partial charge on any atom is -0.385 e. The van der Waals surface area contributed by atoms with Crippen LogP contribution in [0.5, 0.6) is 0 Å². The van der Waals surface area contributed by atoms with Crippen molar-refractivity contribution in [2.75, 3.05) is 56.2 Å². The number of nitrogens with zero attached hydrogens (tertiary/aromatic N) is 1. The van der Waals surface area contributed by atoms with Gasteiger partial charge in [0.05, 0.1) is 18.9 Å². The Labute approximate surface area is 215 Å². The van der Waals surface area contributed by atoms with Gasteiger partial charge in [0, 0.05) is 62.2 Å². The number of thioether (sulfide) groups is 2. The molecule has 0 spiro atoms. The largest absolute Gasteiger partial charge is 0.385 e. The Morgan fingerprint density at radius 2 is 1.91 bits per heavy atom. The van der Waals surface area contributed by atoms with Crippen molar-refractivity contribution < 1.29 is 4.74 Å². The summed E-state index contributed by atoms with van der Waals surface area (Å²) in [6, 6.07) is 10.6. The molecule has 4 heterocycles. The number of hydrogen-bond acceptors (Lipinski definition) is 7. The minimum atomic E-state index is -0.0454. The fourth-order valence-electron chi connectivity index (χ4n) is 5.20. The first-order valence-electron chi connectivity index (χ1n) is 12.7. The fraction of sp³-hybridized carbons (Fsp3) is 0.444. The highest BCUT2D eigenvalue weighted by Gasteiger charge is 2.27. The molecule has 0 unspecified atom stereocenters. The van der Waals surface area contributed by atoms with E-state index in [1.165, 1.54) is 38.1 Å². The van der Waals surface area contributed by atoms with Crippen molar-refractivity contribution in [3.8, 4) is 0 Å². The first kappa shape index (κ1) is 23.3. The van der Waals surface area contributed by atoms with Crippen LogP contribution in [0.4, 0.5) is 11.4 Å². The Balaban J connectivity index is 1.22. The molecule has 1 aromatic carbocycles. The number of anilines is 2. The molecule has 0 amide bonds. The summed E-state index contributed by atoms with van der Waals surface area (Å²) in [6.45, 7) is 6.37. The van der Waals surface area contributed by atoms with E-state index < -0.39 is 0 Å². The molecule has 6 nitrogen and oxygen atoms in total. The molecule has 35 heavy (non-hydrogen) atoms. The number of pyridine rings is 1. The van der Waals surface area contributed by atoms with Crippen LogP contribution < -0.4 is 21.1 Å². The molecule has 184 valence electrons. The maximum atomic E-state index is 12.6. The summed E-state index contributed by atoms with van der Waals surface area (Å²) in [5.41, 5.74) is 4.24. The van der Waals surface area contributed by atoms with E-state index in [2.05, 4.69) is 50.9 Å². The molecule has 2 saturated heterocycles. The summed E-state index contributed by atoms with van der Waals surface area (Å²) < 4.78 is 5.50. The van der Waals surface area contributed by atoms with Crippen molar-refractivity contribution in [2.45, 2.75) is 35.5 Å². The topological polar surface area (TPSA) is 69.4 Å². The van der Waals surface area contributed by atoms with Gasteiger partial charge in [-0.15, -0.1) is 0 Å². The molecule has 3 N–H and O–H groups in total. The number of aromatic nitrogens is 1. The summed E-state index contributed by atoms with van der Waals surface area (Å²) in [6.07, 6.45) is 6.84. The molecular weight excluding hydrogens is 476 g/mol. The zero-order chi connectivity index (χ0) is 23.6. The van der Waals surface area contributed by atoms with Crippen molar-refractivity contribution in [1.29, 1.82) is 0 Å². The van der Waals surface area contributed by atoms with Gasteiger partial charge in [-0.3, -0.25) is 4.79 Å². The monoisotopic (exact) mass is 508 g/mol. The van der Waals surface area contributed by atoms with Gasteiger partial charge in [-0.1, -0.05) is 29.6 Å². The molecule has 6 rings (SSSR count). The first-order valence-corrected chi connectivity index (χ1v) is 14.3. The number of fused-ring (bicyclic) bond motifs is 1. The maximum Gasteiger partial charge on any atom is 0.250 e. The average Bonchev–Trinajstić information content (AvgIpc) is 2.91. The number of ether oxygens (including phenoxy) is 1. The third-order valence-corrected chi connectivity index (χ3v) is 9.87. The molecule has 1 aromatic heterocycles. The second-order valence-electron chi connectivity index (χ2n) is 9.56. The van der Waals surface area contributed by atoms with Crippen LogP contribution in [0.2, 0.25) is 0 Å². The van der Waals surface area contributed by atoms with E-state index in [1.807, 2.05) is 23.5 Å². The summed E-state index contributed by atoms with van der Waals surface area (Å²) in [4.78, 5) is 23.3. The van der Waals surface area contributed by atoms with Crippen molar-refractivity contribution in [3.05, 3.63) is 62.3 Å². The highest BCUT2D eigenvalue weighted by Crippen LogP contribution is 2.54. The van der Waals surface area contributed by atoms with Gasteiger partial charge in [0.2, 0.25) is 5.56 Å². The van der Waals surface area contributed by atoms with Gasteiger partial charge >= 0.3 is 0 Å². The van der Waals surface area contributed by atoms with E-state index in [9.17, 15) is 4.79 Å². The number of aromatic amines is 1. The van der Waals surface area contributed by atoms with Crippen molar-refractivity contribution in [3.63, 3.8) is 0 Å². The Bertz CT molecular complexity index is 1210. The molecule has 4 aliphatic rings. The van der Waals surface area contributed by atoms with Crippen LogP contribution in [-0.4, -0.2) is 50.9 Å². The molecule has 0 bridgehead atoms. The van der Waals surface area contributed by atoms with Gasteiger partial charge in [0.25, 0.3) is 0 Å². The quantitative estimate of drug-likeness (QED) is 0.530. The molecular formula is C27H32N4O2S2. The summed E-state index contributed by atoms with van der Waals surface area (Å²) in [5.74, 6) is 0.755. The van der Waals surface area contributed by atoms with Crippen molar-refractivity contribution in [2.24, 2.45) is 5.92 Å². The lowest BCUT2D eigenvalue weighted by Gasteiger charge is -2.30. The molecule has 2 fully saturated rings. The molecule has 8 heteroatoms. The highest BCUT2D eigenvalue weighted by molar-refractivity contribution is 8.09. The van der Waals surface area contributed by atoms with Gasteiger partial charge in [-0.05, 0) is 69.0 Å². The van der Waals surface area contributed by atoms with Crippen LogP contribution >= 0.6 is 23.5 Å². The Hall–Kier alpha value is -2.13. The van der Waals surface area contributed by atoms with Gasteiger partial charge in [0.1, 0.15) is 0 Å². The number of hydrogen-bond donors (Lipinski definition) is 3. The predicted octanol–water partition coefficient (Wildman–Crippen LogP) is 4.91. The number of morpholine rings is 1. The first-order chi connectivity index (χ1) is 17.2. The van der Waals surface area contributed by atoms with E-state index >= 15 is 0 Å². The number of rotatable bonds is 5. The lowest BCUT2D eigenvalue weighted by molar-refractivity contribution is 0.122. The molecule has 0 radical (unpaired) electrons. The summed E-state index contributed by atoms with van der Waals surface area (Å²) in [7, 11) is 0. The second kappa shape index (κ2) is 10.5.